The van der Waals surface area contributed by atoms with Gasteiger partial charge in [-0.1, -0.05) is 176 Å². The molecule has 1 heteroatoms. The lowest BCUT2D eigenvalue weighted by Crippen LogP contribution is -2.09. The number of hydrogen-bond donors (Lipinski definition) is 0. The Kier molecular flexibility index (Phi) is 8.95. The lowest BCUT2D eigenvalue weighted by Gasteiger charge is -2.26. The summed E-state index contributed by atoms with van der Waals surface area (Å²) >= 11 is 0. The van der Waals surface area contributed by atoms with Gasteiger partial charge in [-0.05, 0) is 138 Å². The highest BCUT2D eigenvalue weighted by Gasteiger charge is 2.19. The van der Waals surface area contributed by atoms with Crippen molar-refractivity contribution >= 4 is 38.6 Å². The summed E-state index contributed by atoms with van der Waals surface area (Å²) in [7, 11) is 0. The SMILES string of the molecule is c1ccc(-c2cc(-c3ccc4ccccc4c3)cc(-c3ccccc3)c2-c2ccc(N(c3ccccc3)c3ccc(-c4ccc5ccccc5c4)cc3)cc2)cc1. The van der Waals surface area contributed by atoms with E-state index in [1.807, 2.05) is 0 Å². The van der Waals surface area contributed by atoms with Crippen LogP contribution >= 0.6 is 0 Å². The van der Waals surface area contributed by atoms with E-state index in [1.165, 1.54) is 77.2 Å². The topological polar surface area (TPSA) is 3.24 Å². The van der Waals surface area contributed by atoms with Crippen LogP contribution in [0.25, 0.3) is 77.2 Å². The van der Waals surface area contributed by atoms with Crippen LogP contribution in [0.3, 0.4) is 0 Å². The van der Waals surface area contributed by atoms with Crippen LogP contribution in [0.1, 0.15) is 0 Å². The van der Waals surface area contributed by atoms with Crippen molar-refractivity contribution in [2.24, 2.45) is 0 Å². The van der Waals surface area contributed by atoms with Crippen molar-refractivity contribution < 1.29 is 0 Å². The van der Waals surface area contributed by atoms with Crippen molar-refractivity contribution in [3.05, 3.63) is 237 Å². The van der Waals surface area contributed by atoms with E-state index in [2.05, 4.69) is 241 Å². The zero-order valence-corrected chi connectivity index (χ0v) is 31.5. The maximum Gasteiger partial charge on any atom is 0.0462 e. The predicted molar refractivity (Wildman–Crippen MR) is 243 cm³/mol. The van der Waals surface area contributed by atoms with Crippen LogP contribution in [-0.2, 0) is 0 Å². The maximum absolute atomic E-state index is 2.38. The van der Waals surface area contributed by atoms with Gasteiger partial charge in [-0.3, -0.25) is 0 Å². The number of nitrogens with zero attached hydrogens (tertiary/aromatic N) is 1. The molecule has 10 rings (SSSR count). The molecule has 0 aliphatic heterocycles. The highest BCUT2D eigenvalue weighted by Crippen LogP contribution is 2.45. The fraction of sp³-hybridized carbons (Fsp3) is 0. The van der Waals surface area contributed by atoms with Crippen LogP contribution in [0.5, 0.6) is 0 Å². The molecule has 0 aliphatic carbocycles. The molecule has 0 bridgehead atoms. The van der Waals surface area contributed by atoms with Gasteiger partial charge in [0.25, 0.3) is 0 Å². The van der Waals surface area contributed by atoms with Gasteiger partial charge in [-0.15, -0.1) is 0 Å². The van der Waals surface area contributed by atoms with Crippen molar-refractivity contribution in [1.82, 2.24) is 0 Å². The second-order valence-corrected chi connectivity index (χ2v) is 14.6. The number of hydrogen-bond acceptors (Lipinski definition) is 1. The van der Waals surface area contributed by atoms with Crippen LogP contribution in [0.2, 0.25) is 0 Å². The number of benzene rings is 10. The van der Waals surface area contributed by atoms with Crippen molar-refractivity contribution in [2.75, 3.05) is 4.90 Å². The monoisotopic (exact) mass is 725 g/mol. The molecule has 0 aliphatic rings. The number of rotatable bonds is 8. The molecule has 0 fully saturated rings. The normalized spacial score (nSPS) is 11.2. The Morgan fingerprint density at radius 1 is 0.211 bits per heavy atom. The molecule has 0 heterocycles. The molecular weight excluding hydrogens is 687 g/mol. The molecule has 10 aromatic carbocycles. The molecule has 0 atom stereocenters. The van der Waals surface area contributed by atoms with E-state index in [-0.39, 0.29) is 0 Å². The molecule has 57 heavy (non-hydrogen) atoms. The van der Waals surface area contributed by atoms with Crippen molar-refractivity contribution in [3.63, 3.8) is 0 Å². The quantitative estimate of drug-likeness (QED) is 0.151. The molecule has 0 N–H and O–H groups in total. The Morgan fingerprint density at radius 3 is 1.07 bits per heavy atom. The van der Waals surface area contributed by atoms with E-state index in [9.17, 15) is 0 Å². The largest absolute Gasteiger partial charge is 0.311 e. The van der Waals surface area contributed by atoms with E-state index in [4.69, 9.17) is 0 Å². The van der Waals surface area contributed by atoms with E-state index >= 15 is 0 Å². The van der Waals surface area contributed by atoms with Gasteiger partial charge in [0.2, 0.25) is 0 Å². The van der Waals surface area contributed by atoms with Crippen molar-refractivity contribution in [2.45, 2.75) is 0 Å². The summed E-state index contributed by atoms with van der Waals surface area (Å²) in [5.74, 6) is 0. The van der Waals surface area contributed by atoms with Gasteiger partial charge in [-0.2, -0.15) is 0 Å². The molecule has 1 nitrogen and oxygen atoms in total. The highest BCUT2D eigenvalue weighted by atomic mass is 15.1. The third kappa shape index (κ3) is 6.77. The zero-order valence-electron chi connectivity index (χ0n) is 31.5. The Hall–Kier alpha value is -7.48. The first-order valence-corrected chi connectivity index (χ1v) is 19.6. The van der Waals surface area contributed by atoms with Gasteiger partial charge in [0.15, 0.2) is 0 Å². The zero-order chi connectivity index (χ0) is 38.0. The Morgan fingerprint density at radius 2 is 0.579 bits per heavy atom. The molecule has 268 valence electrons. The van der Waals surface area contributed by atoms with E-state index in [0.29, 0.717) is 0 Å². The molecule has 0 radical (unpaired) electrons. The van der Waals surface area contributed by atoms with Gasteiger partial charge >= 0.3 is 0 Å². The summed E-state index contributed by atoms with van der Waals surface area (Å²) in [5, 5.41) is 4.99. The Bertz CT molecular complexity index is 2910. The average Bonchev–Trinajstić information content (AvgIpc) is 3.30. The molecular formula is C56H39N. The maximum atomic E-state index is 2.38. The van der Waals surface area contributed by atoms with Crippen LogP contribution in [0.15, 0.2) is 237 Å². The Balaban J connectivity index is 1.09. The number of fused-ring (bicyclic) bond motifs is 2. The summed E-state index contributed by atoms with van der Waals surface area (Å²) in [6, 6.07) is 85.7. The first-order valence-electron chi connectivity index (χ1n) is 19.6. The summed E-state index contributed by atoms with van der Waals surface area (Å²) in [6.45, 7) is 0. The van der Waals surface area contributed by atoms with Gasteiger partial charge < -0.3 is 4.90 Å². The van der Waals surface area contributed by atoms with Crippen LogP contribution in [0, 0.1) is 0 Å². The standard InChI is InChI=1S/C56H39N/c1-4-16-43(17-5-1)54-38-50(49-27-25-41-15-11-13-21-47(41)37-49)39-55(44-18-6-2-7-19-44)56(54)45-30-34-53(35-31-45)57(51-22-8-3-9-23-51)52-32-28-42(29-33-52)48-26-24-40-14-10-12-20-46(40)36-48/h1-39H. The summed E-state index contributed by atoms with van der Waals surface area (Å²) < 4.78 is 0. The van der Waals surface area contributed by atoms with Crippen molar-refractivity contribution in [3.8, 4) is 55.6 Å². The molecule has 0 saturated carbocycles. The first kappa shape index (κ1) is 34.0. The smallest absolute Gasteiger partial charge is 0.0462 e. The van der Waals surface area contributed by atoms with E-state index in [1.54, 1.807) is 0 Å². The lowest BCUT2D eigenvalue weighted by molar-refractivity contribution is 1.28. The predicted octanol–water partition coefficient (Wildman–Crippen LogP) is 15.8. The van der Waals surface area contributed by atoms with Gasteiger partial charge in [-0.25, -0.2) is 0 Å². The van der Waals surface area contributed by atoms with E-state index < -0.39 is 0 Å². The average molecular weight is 726 g/mol. The minimum Gasteiger partial charge on any atom is -0.311 e. The van der Waals surface area contributed by atoms with Crippen LogP contribution < -0.4 is 4.90 Å². The summed E-state index contributed by atoms with van der Waals surface area (Å²) in [6.07, 6.45) is 0. The summed E-state index contributed by atoms with van der Waals surface area (Å²) in [4.78, 5) is 2.34. The second-order valence-electron chi connectivity index (χ2n) is 14.6. The minimum atomic E-state index is 1.10. The van der Waals surface area contributed by atoms with Gasteiger partial charge in [0.1, 0.15) is 0 Å². The van der Waals surface area contributed by atoms with Gasteiger partial charge in [0.05, 0.1) is 0 Å². The third-order valence-electron chi connectivity index (χ3n) is 11.0. The molecule has 0 spiro atoms. The lowest BCUT2D eigenvalue weighted by atomic mass is 9.84. The third-order valence-corrected chi connectivity index (χ3v) is 11.0. The second kappa shape index (κ2) is 15.0. The fourth-order valence-electron chi connectivity index (χ4n) is 8.15. The fourth-order valence-corrected chi connectivity index (χ4v) is 8.15. The minimum absolute atomic E-state index is 1.10. The highest BCUT2D eigenvalue weighted by molar-refractivity contribution is 5.99. The number of anilines is 3. The molecule has 0 unspecified atom stereocenters. The van der Waals surface area contributed by atoms with Crippen molar-refractivity contribution in [1.29, 1.82) is 0 Å². The Labute approximate surface area is 334 Å². The summed E-state index contributed by atoms with van der Waals surface area (Å²) in [5.41, 5.74) is 15.3. The van der Waals surface area contributed by atoms with Gasteiger partial charge in [0, 0.05) is 17.1 Å². The molecule has 0 amide bonds. The first-order chi connectivity index (χ1) is 28.2. The van der Waals surface area contributed by atoms with Crippen LogP contribution in [0.4, 0.5) is 17.1 Å². The van der Waals surface area contributed by atoms with E-state index in [0.717, 1.165) is 17.1 Å². The molecule has 0 aromatic heterocycles. The van der Waals surface area contributed by atoms with Crippen LogP contribution in [-0.4, -0.2) is 0 Å². The number of para-hydroxylation sites is 1. The molecule has 10 aromatic rings. The molecule has 0 saturated heterocycles.